The van der Waals surface area contributed by atoms with Gasteiger partial charge in [-0.25, -0.2) is 0 Å². The Bertz CT molecular complexity index is 325. The van der Waals surface area contributed by atoms with Crippen molar-refractivity contribution in [2.45, 2.75) is 70.9 Å². The molecule has 1 saturated heterocycles. The van der Waals surface area contributed by atoms with Crippen LogP contribution in [0, 0.1) is 17.3 Å². The van der Waals surface area contributed by atoms with Gasteiger partial charge in [-0.15, -0.1) is 0 Å². The summed E-state index contributed by atoms with van der Waals surface area (Å²) in [6.45, 7) is 8.45. The van der Waals surface area contributed by atoms with Crippen molar-refractivity contribution in [1.82, 2.24) is 5.32 Å². The monoisotopic (exact) mass is 295 g/mol. The highest BCUT2D eigenvalue weighted by molar-refractivity contribution is 5.01. The van der Waals surface area contributed by atoms with Gasteiger partial charge >= 0.3 is 0 Å². The number of hydrogen-bond donors (Lipinski definition) is 1. The van der Waals surface area contributed by atoms with Gasteiger partial charge in [0.15, 0.2) is 0 Å². The Balaban J connectivity index is 1.48. The van der Waals surface area contributed by atoms with Gasteiger partial charge in [0.2, 0.25) is 0 Å². The molecule has 0 bridgehead atoms. The summed E-state index contributed by atoms with van der Waals surface area (Å²) < 4.78 is 12.1. The molecule has 3 nitrogen and oxygen atoms in total. The minimum atomic E-state index is 0.349. The molecule has 0 spiro atoms. The van der Waals surface area contributed by atoms with Crippen LogP contribution in [0.1, 0.15) is 58.8 Å². The van der Waals surface area contributed by atoms with Crippen molar-refractivity contribution in [3.63, 3.8) is 0 Å². The second-order valence-electron chi connectivity index (χ2n) is 7.94. The molecule has 2 aliphatic carbocycles. The van der Waals surface area contributed by atoms with E-state index in [-0.39, 0.29) is 0 Å². The molecule has 1 heterocycles. The molecular formula is C18H33NO2. The van der Waals surface area contributed by atoms with E-state index in [1.807, 2.05) is 0 Å². The van der Waals surface area contributed by atoms with E-state index in [0.717, 1.165) is 44.2 Å². The maximum absolute atomic E-state index is 6.15. The van der Waals surface area contributed by atoms with Crippen molar-refractivity contribution in [3.8, 4) is 0 Å². The summed E-state index contributed by atoms with van der Waals surface area (Å²) >= 11 is 0. The van der Waals surface area contributed by atoms with Crippen LogP contribution in [-0.4, -0.2) is 38.5 Å². The van der Waals surface area contributed by atoms with Crippen LogP contribution in [0.2, 0.25) is 0 Å². The lowest BCUT2D eigenvalue weighted by Gasteiger charge is -2.35. The zero-order chi connectivity index (χ0) is 14.7. The molecule has 0 aromatic carbocycles. The highest BCUT2D eigenvalue weighted by atomic mass is 16.5. The summed E-state index contributed by atoms with van der Waals surface area (Å²) in [6.07, 6.45) is 9.57. The topological polar surface area (TPSA) is 30.5 Å². The third kappa shape index (κ3) is 4.43. The summed E-state index contributed by atoms with van der Waals surface area (Å²) in [5.41, 5.74) is 0.349. The molecule has 0 amide bonds. The zero-order valence-electron chi connectivity index (χ0n) is 13.9. The molecule has 2 atom stereocenters. The van der Waals surface area contributed by atoms with E-state index in [9.17, 15) is 0 Å². The maximum atomic E-state index is 6.15. The van der Waals surface area contributed by atoms with Gasteiger partial charge in [-0.05, 0) is 56.8 Å². The number of nitrogens with one attached hydrogen (secondary N) is 1. The van der Waals surface area contributed by atoms with Crippen LogP contribution in [0.5, 0.6) is 0 Å². The highest BCUT2D eigenvalue weighted by Gasteiger charge is 2.50. The first-order valence-corrected chi connectivity index (χ1v) is 9.12. The number of hydrogen-bond acceptors (Lipinski definition) is 3. The molecule has 3 fully saturated rings. The molecule has 2 unspecified atom stereocenters. The standard InChI is InChI=1S/C18H33NO2/c1-14(2)7-10-20-11-8-18(13-19-16-5-6-16)9-12-21-17(18)15-3-4-15/h14-17,19H,3-13H2,1-2H3. The predicted molar refractivity (Wildman–Crippen MR) is 85.4 cm³/mol. The van der Waals surface area contributed by atoms with Crippen LogP contribution in [0.25, 0.3) is 0 Å². The zero-order valence-corrected chi connectivity index (χ0v) is 13.9. The van der Waals surface area contributed by atoms with E-state index in [1.54, 1.807) is 0 Å². The van der Waals surface area contributed by atoms with Crippen LogP contribution in [-0.2, 0) is 9.47 Å². The van der Waals surface area contributed by atoms with Gasteiger partial charge in [-0.2, -0.15) is 0 Å². The molecule has 1 aliphatic heterocycles. The highest BCUT2D eigenvalue weighted by Crippen LogP contribution is 2.49. The van der Waals surface area contributed by atoms with Gasteiger partial charge in [-0.1, -0.05) is 13.8 Å². The van der Waals surface area contributed by atoms with E-state index in [4.69, 9.17) is 9.47 Å². The Labute approximate surface area is 130 Å². The molecule has 21 heavy (non-hydrogen) atoms. The van der Waals surface area contributed by atoms with Crippen LogP contribution >= 0.6 is 0 Å². The van der Waals surface area contributed by atoms with Crippen LogP contribution in [0.3, 0.4) is 0 Å². The van der Waals surface area contributed by atoms with Gasteiger partial charge < -0.3 is 14.8 Å². The van der Waals surface area contributed by atoms with E-state index >= 15 is 0 Å². The van der Waals surface area contributed by atoms with Crippen LogP contribution in [0.4, 0.5) is 0 Å². The molecular weight excluding hydrogens is 262 g/mol. The van der Waals surface area contributed by atoms with Gasteiger partial charge in [0.25, 0.3) is 0 Å². The largest absolute Gasteiger partial charge is 0.381 e. The molecule has 3 rings (SSSR count). The fourth-order valence-electron chi connectivity index (χ4n) is 3.62. The second kappa shape index (κ2) is 6.97. The first-order valence-electron chi connectivity index (χ1n) is 9.12. The fourth-order valence-corrected chi connectivity index (χ4v) is 3.62. The van der Waals surface area contributed by atoms with Gasteiger partial charge in [0, 0.05) is 37.8 Å². The molecule has 0 aromatic heterocycles. The summed E-state index contributed by atoms with van der Waals surface area (Å²) in [5, 5.41) is 3.78. The minimum absolute atomic E-state index is 0.349. The van der Waals surface area contributed by atoms with Crippen molar-refractivity contribution in [2.75, 3.05) is 26.4 Å². The van der Waals surface area contributed by atoms with E-state index in [0.29, 0.717) is 11.5 Å². The van der Waals surface area contributed by atoms with Crippen molar-refractivity contribution in [2.24, 2.45) is 17.3 Å². The lowest BCUT2D eigenvalue weighted by molar-refractivity contribution is 0.00743. The maximum Gasteiger partial charge on any atom is 0.0673 e. The van der Waals surface area contributed by atoms with E-state index < -0.39 is 0 Å². The molecule has 0 aromatic rings. The third-order valence-electron chi connectivity index (χ3n) is 5.46. The third-order valence-corrected chi connectivity index (χ3v) is 5.46. The minimum Gasteiger partial charge on any atom is -0.381 e. The molecule has 0 radical (unpaired) electrons. The normalized spacial score (nSPS) is 33.0. The first kappa shape index (κ1) is 15.8. The van der Waals surface area contributed by atoms with Crippen LogP contribution < -0.4 is 5.32 Å². The Morgan fingerprint density at radius 2 is 2.00 bits per heavy atom. The smallest absolute Gasteiger partial charge is 0.0673 e. The molecule has 122 valence electrons. The second-order valence-corrected chi connectivity index (χ2v) is 7.94. The van der Waals surface area contributed by atoms with Gasteiger partial charge in [0.1, 0.15) is 0 Å². The lowest BCUT2D eigenvalue weighted by atomic mass is 9.76. The Morgan fingerprint density at radius 1 is 1.19 bits per heavy atom. The summed E-state index contributed by atoms with van der Waals surface area (Å²) in [4.78, 5) is 0. The number of ether oxygens (including phenoxy) is 2. The van der Waals surface area contributed by atoms with Gasteiger partial charge in [-0.3, -0.25) is 0 Å². The summed E-state index contributed by atoms with van der Waals surface area (Å²) in [5.74, 6) is 1.58. The van der Waals surface area contributed by atoms with Gasteiger partial charge in [0.05, 0.1) is 6.10 Å². The van der Waals surface area contributed by atoms with Crippen molar-refractivity contribution < 1.29 is 9.47 Å². The quantitative estimate of drug-likeness (QED) is 0.627. The molecule has 3 aliphatic rings. The van der Waals surface area contributed by atoms with Crippen LogP contribution in [0.15, 0.2) is 0 Å². The average Bonchev–Trinajstić information content (AvgIpc) is 3.36. The Hall–Kier alpha value is -0.120. The van der Waals surface area contributed by atoms with E-state index in [1.165, 1.54) is 44.9 Å². The Morgan fingerprint density at radius 3 is 2.67 bits per heavy atom. The SMILES string of the molecule is CC(C)CCOCCC1(CNC2CC2)CCOC1C1CC1. The predicted octanol–water partition coefficient (Wildman–Crippen LogP) is 3.38. The van der Waals surface area contributed by atoms with Crippen molar-refractivity contribution in [1.29, 1.82) is 0 Å². The average molecular weight is 295 g/mol. The van der Waals surface area contributed by atoms with Crippen molar-refractivity contribution in [3.05, 3.63) is 0 Å². The Kier molecular flexibility index (Phi) is 5.23. The first-order chi connectivity index (χ1) is 10.2. The molecule has 3 heteroatoms. The summed E-state index contributed by atoms with van der Waals surface area (Å²) in [6, 6.07) is 0.796. The van der Waals surface area contributed by atoms with E-state index in [2.05, 4.69) is 19.2 Å². The lowest BCUT2D eigenvalue weighted by Crippen LogP contribution is -2.43. The molecule has 1 N–H and O–H groups in total. The summed E-state index contributed by atoms with van der Waals surface area (Å²) in [7, 11) is 0. The fraction of sp³-hybridized carbons (Fsp3) is 1.00. The molecule has 2 saturated carbocycles. The van der Waals surface area contributed by atoms with Crippen molar-refractivity contribution >= 4 is 0 Å². The number of rotatable bonds is 10.